The summed E-state index contributed by atoms with van der Waals surface area (Å²) in [5.74, 6) is 6.03. The van der Waals surface area contributed by atoms with Crippen molar-refractivity contribution in [1.82, 2.24) is 10.3 Å². The molecule has 3 N–H and O–H groups in total. The van der Waals surface area contributed by atoms with Crippen LogP contribution in [-0.2, 0) is 4.79 Å². The Hall–Kier alpha value is -0.610. The second-order valence-corrected chi connectivity index (χ2v) is 5.68. The summed E-state index contributed by atoms with van der Waals surface area (Å²) in [6.07, 6.45) is 6.71. The van der Waals surface area contributed by atoms with Gasteiger partial charge in [-0.2, -0.15) is 0 Å². The summed E-state index contributed by atoms with van der Waals surface area (Å²) in [7, 11) is 0. The highest BCUT2D eigenvalue weighted by molar-refractivity contribution is 5.78. The number of hydrogen-bond donors (Lipinski definition) is 2. The number of amides is 1. The predicted octanol–water partition coefficient (Wildman–Crippen LogP) is 1.27. The Morgan fingerprint density at radius 3 is 2.71 bits per heavy atom. The van der Waals surface area contributed by atoms with Crippen LogP contribution in [0.3, 0.4) is 0 Å². The molecule has 17 heavy (non-hydrogen) atoms. The molecule has 4 heteroatoms. The van der Waals surface area contributed by atoms with Crippen LogP contribution in [0.4, 0.5) is 0 Å². The monoisotopic (exact) mass is 239 g/mol. The summed E-state index contributed by atoms with van der Waals surface area (Å²) in [5, 5.41) is 0. The van der Waals surface area contributed by atoms with Crippen LogP contribution < -0.4 is 11.3 Å². The molecule has 0 aromatic heterocycles. The lowest BCUT2D eigenvalue weighted by molar-refractivity contribution is -0.127. The smallest absolute Gasteiger partial charge is 0.238 e. The number of nitrogens with one attached hydrogen (secondary N) is 1. The minimum Gasteiger partial charge on any atom is -0.297 e. The summed E-state index contributed by atoms with van der Waals surface area (Å²) < 4.78 is 0. The number of rotatable bonds is 3. The molecule has 1 aliphatic heterocycles. The normalized spacial score (nSPS) is 32.9. The number of carbonyl (C=O) groups excluding carboxylic acids is 1. The van der Waals surface area contributed by atoms with Crippen LogP contribution in [-0.4, -0.2) is 29.4 Å². The van der Waals surface area contributed by atoms with Gasteiger partial charge in [-0.05, 0) is 45.1 Å². The number of carbonyl (C=O) groups is 1. The van der Waals surface area contributed by atoms with Gasteiger partial charge in [0.2, 0.25) is 5.91 Å². The summed E-state index contributed by atoms with van der Waals surface area (Å²) in [6, 6.07) is 1.01. The first kappa shape index (κ1) is 12.8. The van der Waals surface area contributed by atoms with E-state index in [1.54, 1.807) is 0 Å². The standard InChI is InChI=1S/C13H25N3O/c1-9(13(17)15-14)10(2)16-8-4-6-11-5-3-7-12(11)16/h9-12H,3-8,14H2,1-2H3,(H,15,17). The molecule has 2 rings (SSSR count). The van der Waals surface area contributed by atoms with Crippen LogP contribution in [0.1, 0.15) is 46.0 Å². The van der Waals surface area contributed by atoms with Gasteiger partial charge >= 0.3 is 0 Å². The van der Waals surface area contributed by atoms with E-state index in [2.05, 4.69) is 17.2 Å². The Morgan fingerprint density at radius 2 is 2.00 bits per heavy atom. The molecular weight excluding hydrogens is 214 g/mol. The molecular formula is C13H25N3O. The maximum Gasteiger partial charge on any atom is 0.238 e. The molecule has 98 valence electrons. The Kier molecular flexibility index (Phi) is 4.05. The predicted molar refractivity (Wildman–Crippen MR) is 68.0 cm³/mol. The van der Waals surface area contributed by atoms with Gasteiger partial charge in [-0.1, -0.05) is 13.3 Å². The average molecular weight is 239 g/mol. The van der Waals surface area contributed by atoms with E-state index >= 15 is 0 Å². The molecule has 2 aliphatic rings. The van der Waals surface area contributed by atoms with Crippen LogP contribution >= 0.6 is 0 Å². The van der Waals surface area contributed by atoms with E-state index < -0.39 is 0 Å². The number of hydrazine groups is 1. The molecule has 4 nitrogen and oxygen atoms in total. The minimum atomic E-state index is -0.0439. The number of piperidine rings is 1. The van der Waals surface area contributed by atoms with Gasteiger partial charge in [0.25, 0.3) is 0 Å². The quantitative estimate of drug-likeness (QED) is 0.443. The third kappa shape index (κ3) is 2.47. The number of fused-ring (bicyclic) bond motifs is 1. The fourth-order valence-corrected chi connectivity index (χ4v) is 3.64. The first-order valence-corrected chi connectivity index (χ1v) is 6.91. The molecule has 0 aromatic rings. The van der Waals surface area contributed by atoms with E-state index in [-0.39, 0.29) is 11.8 Å². The SMILES string of the molecule is CC(C(=O)NN)C(C)N1CCCC2CCCC21. The van der Waals surface area contributed by atoms with Crippen molar-refractivity contribution in [1.29, 1.82) is 0 Å². The zero-order chi connectivity index (χ0) is 12.4. The molecule has 4 atom stereocenters. The first-order valence-electron chi connectivity index (χ1n) is 6.91. The molecule has 0 bridgehead atoms. The number of likely N-dealkylation sites (tertiary alicyclic amines) is 1. The van der Waals surface area contributed by atoms with Crippen molar-refractivity contribution >= 4 is 5.91 Å². The maximum absolute atomic E-state index is 11.6. The van der Waals surface area contributed by atoms with Gasteiger partial charge in [0, 0.05) is 12.1 Å². The zero-order valence-corrected chi connectivity index (χ0v) is 11.0. The second kappa shape index (κ2) is 5.36. The third-order valence-corrected chi connectivity index (χ3v) is 4.84. The summed E-state index contributed by atoms with van der Waals surface area (Å²) in [4.78, 5) is 14.2. The largest absolute Gasteiger partial charge is 0.297 e. The molecule has 4 unspecified atom stereocenters. The minimum absolute atomic E-state index is 0.0284. The lowest BCUT2D eigenvalue weighted by Crippen LogP contribution is -2.52. The van der Waals surface area contributed by atoms with Gasteiger partial charge in [0.05, 0.1) is 5.92 Å². The van der Waals surface area contributed by atoms with Crippen LogP contribution in [0.25, 0.3) is 0 Å². The maximum atomic E-state index is 11.6. The summed E-state index contributed by atoms with van der Waals surface area (Å²) in [5.41, 5.74) is 2.28. The number of hydrogen-bond acceptors (Lipinski definition) is 3. The molecule has 0 aromatic carbocycles. The third-order valence-electron chi connectivity index (χ3n) is 4.84. The van der Waals surface area contributed by atoms with E-state index in [1.807, 2.05) is 6.92 Å². The summed E-state index contributed by atoms with van der Waals surface area (Å²) in [6.45, 7) is 5.29. The van der Waals surface area contributed by atoms with Gasteiger partial charge in [0.1, 0.15) is 0 Å². The topological polar surface area (TPSA) is 58.4 Å². The van der Waals surface area contributed by atoms with Crippen molar-refractivity contribution in [3.8, 4) is 0 Å². The van der Waals surface area contributed by atoms with E-state index in [0.717, 1.165) is 12.5 Å². The number of nitrogens with zero attached hydrogens (tertiary/aromatic N) is 1. The van der Waals surface area contributed by atoms with Crippen molar-refractivity contribution in [3.05, 3.63) is 0 Å². The van der Waals surface area contributed by atoms with E-state index in [4.69, 9.17) is 5.84 Å². The van der Waals surface area contributed by atoms with E-state index in [0.29, 0.717) is 12.1 Å². The van der Waals surface area contributed by atoms with Crippen molar-refractivity contribution in [2.45, 2.75) is 58.0 Å². The fourth-order valence-electron chi connectivity index (χ4n) is 3.64. The molecule has 1 saturated heterocycles. The van der Waals surface area contributed by atoms with E-state index in [1.165, 1.54) is 32.1 Å². The average Bonchev–Trinajstić information content (AvgIpc) is 2.83. The molecule has 0 spiro atoms. The summed E-state index contributed by atoms with van der Waals surface area (Å²) >= 11 is 0. The van der Waals surface area contributed by atoms with Crippen LogP contribution in [0, 0.1) is 11.8 Å². The molecule has 1 amide bonds. The van der Waals surface area contributed by atoms with Crippen molar-refractivity contribution in [2.24, 2.45) is 17.7 Å². The highest BCUT2D eigenvalue weighted by Crippen LogP contribution is 2.38. The molecule has 1 aliphatic carbocycles. The zero-order valence-electron chi connectivity index (χ0n) is 11.0. The van der Waals surface area contributed by atoms with Crippen LogP contribution in [0.5, 0.6) is 0 Å². The molecule has 0 radical (unpaired) electrons. The Bertz CT molecular complexity index is 282. The van der Waals surface area contributed by atoms with Crippen molar-refractivity contribution < 1.29 is 4.79 Å². The molecule has 1 saturated carbocycles. The van der Waals surface area contributed by atoms with Crippen LogP contribution in [0.2, 0.25) is 0 Å². The Labute approximate surface area is 104 Å². The van der Waals surface area contributed by atoms with Crippen LogP contribution in [0.15, 0.2) is 0 Å². The number of nitrogens with two attached hydrogens (primary N) is 1. The Balaban J connectivity index is 2.02. The first-order chi connectivity index (χ1) is 8.15. The lowest BCUT2D eigenvalue weighted by Gasteiger charge is -2.43. The second-order valence-electron chi connectivity index (χ2n) is 5.68. The van der Waals surface area contributed by atoms with Gasteiger partial charge in [0.15, 0.2) is 0 Å². The highest BCUT2D eigenvalue weighted by Gasteiger charge is 2.39. The van der Waals surface area contributed by atoms with Crippen molar-refractivity contribution in [2.75, 3.05) is 6.54 Å². The molecule has 1 heterocycles. The van der Waals surface area contributed by atoms with Crippen molar-refractivity contribution in [3.63, 3.8) is 0 Å². The Morgan fingerprint density at radius 1 is 1.29 bits per heavy atom. The highest BCUT2D eigenvalue weighted by atomic mass is 16.2. The van der Waals surface area contributed by atoms with E-state index in [9.17, 15) is 4.79 Å². The van der Waals surface area contributed by atoms with Gasteiger partial charge in [-0.25, -0.2) is 5.84 Å². The van der Waals surface area contributed by atoms with Gasteiger partial charge in [-0.15, -0.1) is 0 Å². The molecule has 2 fully saturated rings. The lowest BCUT2D eigenvalue weighted by atomic mass is 9.88. The van der Waals surface area contributed by atoms with Gasteiger partial charge in [-0.3, -0.25) is 15.1 Å². The van der Waals surface area contributed by atoms with Gasteiger partial charge < -0.3 is 0 Å². The fraction of sp³-hybridized carbons (Fsp3) is 0.923.